The van der Waals surface area contributed by atoms with E-state index in [9.17, 15) is 4.79 Å². The molecule has 112 valence electrons. The van der Waals surface area contributed by atoms with Gasteiger partial charge in [-0.25, -0.2) is 0 Å². The lowest BCUT2D eigenvalue weighted by Crippen LogP contribution is -2.42. The van der Waals surface area contributed by atoms with Crippen LogP contribution in [0.1, 0.15) is 51.7 Å². The van der Waals surface area contributed by atoms with Crippen molar-refractivity contribution in [2.75, 3.05) is 6.54 Å². The summed E-state index contributed by atoms with van der Waals surface area (Å²) in [5, 5.41) is 6.20. The SMILES string of the molecule is CC(C)CNC(=O)C(C)NCc1ccc(C(C)C)cc1. The monoisotopic (exact) mass is 276 g/mol. The van der Waals surface area contributed by atoms with Crippen molar-refractivity contribution in [2.24, 2.45) is 5.92 Å². The van der Waals surface area contributed by atoms with E-state index in [2.05, 4.69) is 62.6 Å². The first kappa shape index (κ1) is 16.7. The second-order valence-electron chi connectivity index (χ2n) is 6.14. The quantitative estimate of drug-likeness (QED) is 0.803. The summed E-state index contributed by atoms with van der Waals surface area (Å²) in [5.41, 5.74) is 2.55. The van der Waals surface area contributed by atoms with Crippen LogP contribution in [0.25, 0.3) is 0 Å². The van der Waals surface area contributed by atoms with Crippen LogP contribution in [0.5, 0.6) is 0 Å². The highest BCUT2D eigenvalue weighted by Gasteiger charge is 2.11. The lowest BCUT2D eigenvalue weighted by atomic mass is 10.0. The maximum absolute atomic E-state index is 11.8. The Hall–Kier alpha value is -1.35. The summed E-state index contributed by atoms with van der Waals surface area (Å²) in [6.07, 6.45) is 0. The van der Waals surface area contributed by atoms with Crippen LogP contribution in [-0.4, -0.2) is 18.5 Å². The summed E-state index contributed by atoms with van der Waals surface area (Å²) in [7, 11) is 0. The van der Waals surface area contributed by atoms with E-state index < -0.39 is 0 Å². The van der Waals surface area contributed by atoms with Crippen LogP contribution in [-0.2, 0) is 11.3 Å². The zero-order valence-corrected chi connectivity index (χ0v) is 13.4. The molecule has 1 rings (SSSR count). The molecule has 0 radical (unpaired) electrons. The van der Waals surface area contributed by atoms with Gasteiger partial charge in [0, 0.05) is 13.1 Å². The third-order valence-corrected chi connectivity index (χ3v) is 3.34. The molecule has 1 amide bonds. The van der Waals surface area contributed by atoms with Gasteiger partial charge in [-0.3, -0.25) is 4.79 Å². The third-order valence-electron chi connectivity index (χ3n) is 3.34. The minimum absolute atomic E-state index is 0.0671. The molecule has 0 aliphatic rings. The molecule has 0 aliphatic heterocycles. The van der Waals surface area contributed by atoms with Crippen molar-refractivity contribution in [1.29, 1.82) is 0 Å². The fourth-order valence-electron chi connectivity index (χ4n) is 1.84. The molecule has 0 saturated carbocycles. The van der Waals surface area contributed by atoms with Crippen molar-refractivity contribution in [3.8, 4) is 0 Å². The Morgan fingerprint density at radius 2 is 1.65 bits per heavy atom. The second kappa shape index (κ2) is 8.05. The number of benzene rings is 1. The van der Waals surface area contributed by atoms with Gasteiger partial charge in [-0.1, -0.05) is 52.0 Å². The average molecular weight is 276 g/mol. The third kappa shape index (κ3) is 5.74. The van der Waals surface area contributed by atoms with E-state index in [4.69, 9.17) is 0 Å². The molecule has 20 heavy (non-hydrogen) atoms. The molecule has 0 bridgehead atoms. The van der Waals surface area contributed by atoms with Gasteiger partial charge in [0.2, 0.25) is 5.91 Å². The Kier molecular flexibility index (Phi) is 6.73. The summed E-state index contributed by atoms with van der Waals surface area (Å²) >= 11 is 0. The average Bonchev–Trinajstić information content (AvgIpc) is 2.42. The predicted octanol–water partition coefficient (Wildman–Crippen LogP) is 3.06. The zero-order chi connectivity index (χ0) is 15.1. The van der Waals surface area contributed by atoms with Crippen molar-refractivity contribution in [3.05, 3.63) is 35.4 Å². The maximum Gasteiger partial charge on any atom is 0.236 e. The van der Waals surface area contributed by atoms with Crippen LogP contribution in [0.3, 0.4) is 0 Å². The van der Waals surface area contributed by atoms with Crippen LogP contribution in [0.15, 0.2) is 24.3 Å². The van der Waals surface area contributed by atoms with Gasteiger partial charge in [0.05, 0.1) is 6.04 Å². The summed E-state index contributed by atoms with van der Waals surface area (Å²) in [6, 6.07) is 8.40. The van der Waals surface area contributed by atoms with Gasteiger partial charge in [0.15, 0.2) is 0 Å². The Bertz CT molecular complexity index is 410. The predicted molar refractivity (Wildman–Crippen MR) is 84.7 cm³/mol. The van der Waals surface area contributed by atoms with E-state index in [0.29, 0.717) is 18.4 Å². The highest BCUT2D eigenvalue weighted by Crippen LogP contribution is 2.14. The molecule has 1 atom stereocenters. The molecule has 3 heteroatoms. The largest absolute Gasteiger partial charge is 0.354 e. The number of carbonyl (C=O) groups excluding carboxylic acids is 1. The second-order valence-corrected chi connectivity index (χ2v) is 6.14. The van der Waals surface area contributed by atoms with E-state index in [1.807, 2.05) is 6.92 Å². The van der Waals surface area contributed by atoms with Crippen LogP contribution in [0, 0.1) is 5.92 Å². The van der Waals surface area contributed by atoms with Crippen molar-refractivity contribution < 1.29 is 4.79 Å². The molecule has 1 aromatic rings. The number of carbonyl (C=O) groups is 1. The molecular formula is C17H28N2O. The van der Waals surface area contributed by atoms with E-state index in [1.54, 1.807) is 0 Å². The first-order chi connectivity index (χ1) is 9.40. The number of hydrogen-bond acceptors (Lipinski definition) is 2. The van der Waals surface area contributed by atoms with Gasteiger partial charge in [0.1, 0.15) is 0 Å². The number of hydrogen-bond donors (Lipinski definition) is 2. The minimum Gasteiger partial charge on any atom is -0.354 e. The molecular weight excluding hydrogens is 248 g/mol. The zero-order valence-electron chi connectivity index (χ0n) is 13.4. The van der Waals surface area contributed by atoms with Crippen LogP contribution >= 0.6 is 0 Å². The molecule has 2 N–H and O–H groups in total. The van der Waals surface area contributed by atoms with Gasteiger partial charge in [-0.05, 0) is 29.9 Å². The van der Waals surface area contributed by atoms with Gasteiger partial charge in [-0.2, -0.15) is 0 Å². The van der Waals surface area contributed by atoms with Crippen LogP contribution in [0.2, 0.25) is 0 Å². The van der Waals surface area contributed by atoms with E-state index in [0.717, 1.165) is 6.54 Å². The Balaban J connectivity index is 2.40. The van der Waals surface area contributed by atoms with Crippen LogP contribution < -0.4 is 10.6 Å². The fraction of sp³-hybridized carbons (Fsp3) is 0.588. The Morgan fingerprint density at radius 3 is 2.15 bits per heavy atom. The Morgan fingerprint density at radius 1 is 1.05 bits per heavy atom. The summed E-state index contributed by atoms with van der Waals surface area (Å²) < 4.78 is 0. The number of rotatable bonds is 7. The van der Waals surface area contributed by atoms with Gasteiger partial charge in [0.25, 0.3) is 0 Å². The highest BCUT2D eigenvalue weighted by atomic mass is 16.2. The highest BCUT2D eigenvalue weighted by molar-refractivity contribution is 5.81. The molecule has 1 unspecified atom stereocenters. The smallest absolute Gasteiger partial charge is 0.236 e. The Labute approximate surface area is 123 Å². The lowest BCUT2D eigenvalue weighted by molar-refractivity contribution is -0.122. The van der Waals surface area contributed by atoms with Crippen LogP contribution in [0.4, 0.5) is 0 Å². The molecule has 0 spiro atoms. The van der Waals surface area contributed by atoms with Crippen molar-refractivity contribution in [3.63, 3.8) is 0 Å². The first-order valence-electron chi connectivity index (χ1n) is 7.50. The minimum atomic E-state index is -0.168. The molecule has 1 aromatic carbocycles. The van der Waals surface area contributed by atoms with Gasteiger partial charge < -0.3 is 10.6 Å². The van der Waals surface area contributed by atoms with Gasteiger partial charge in [-0.15, -0.1) is 0 Å². The normalized spacial score (nSPS) is 12.8. The van der Waals surface area contributed by atoms with Crippen molar-refractivity contribution in [1.82, 2.24) is 10.6 Å². The molecule has 0 fully saturated rings. The number of amides is 1. The van der Waals surface area contributed by atoms with E-state index in [1.165, 1.54) is 11.1 Å². The summed E-state index contributed by atoms with van der Waals surface area (Å²) in [5.74, 6) is 1.10. The molecule has 3 nitrogen and oxygen atoms in total. The molecule has 0 aliphatic carbocycles. The molecule has 0 saturated heterocycles. The van der Waals surface area contributed by atoms with Gasteiger partial charge >= 0.3 is 0 Å². The van der Waals surface area contributed by atoms with E-state index >= 15 is 0 Å². The van der Waals surface area contributed by atoms with E-state index in [-0.39, 0.29) is 11.9 Å². The van der Waals surface area contributed by atoms with Crippen molar-refractivity contribution >= 4 is 5.91 Å². The number of nitrogens with one attached hydrogen (secondary N) is 2. The fourth-order valence-corrected chi connectivity index (χ4v) is 1.84. The summed E-state index contributed by atoms with van der Waals surface area (Å²) in [4.78, 5) is 11.8. The lowest BCUT2D eigenvalue weighted by Gasteiger charge is -2.15. The summed E-state index contributed by atoms with van der Waals surface area (Å²) in [6.45, 7) is 11.9. The first-order valence-corrected chi connectivity index (χ1v) is 7.50. The maximum atomic E-state index is 11.8. The molecule has 0 heterocycles. The standard InChI is InChI=1S/C17H28N2O/c1-12(2)10-19-17(20)14(5)18-11-15-6-8-16(9-7-15)13(3)4/h6-9,12-14,18H,10-11H2,1-5H3,(H,19,20). The molecule has 0 aromatic heterocycles. The topological polar surface area (TPSA) is 41.1 Å². The van der Waals surface area contributed by atoms with Crippen molar-refractivity contribution in [2.45, 2.75) is 53.1 Å².